The van der Waals surface area contributed by atoms with E-state index in [-0.39, 0.29) is 36.4 Å². The van der Waals surface area contributed by atoms with Crippen molar-refractivity contribution < 1.29 is 4.79 Å². The number of nitrogens with zero attached hydrogens (tertiary/aromatic N) is 3. The second kappa shape index (κ2) is 12.4. The molecule has 3 N–H and O–H groups in total. The number of halogens is 1. The fourth-order valence-electron chi connectivity index (χ4n) is 2.84. The van der Waals surface area contributed by atoms with E-state index in [2.05, 4.69) is 44.1 Å². The number of amides is 1. The minimum atomic E-state index is -0.179. The number of nitrogens with one attached hydrogen (secondary N) is 3. The fraction of sp³-hybridized carbons (Fsp3) is 0.174. The Hall–Kier alpha value is -3.32. The number of aromatic nitrogens is 2. The van der Waals surface area contributed by atoms with Crippen LogP contribution in [-0.4, -0.2) is 41.8 Å². The molecule has 0 spiro atoms. The molecule has 31 heavy (non-hydrogen) atoms. The van der Waals surface area contributed by atoms with Crippen LogP contribution in [0.5, 0.6) is 0 Å². The van der Waals surface area contributed by atoms with Crippen molar-refractivity contribution in [3.8, 4) is 18.0 Å². The molecule has 0 unspecified atom stereocenters. The topological polar surface area (TPSA) is 83.3 Å². The van der Waals surface area contributed by atoms with Gasteiger partial charge in [0.15, 0.2) is 5.96 Å². The third kappa shape index (κ3) is 7.46. The predicted octanol–water partition coefficient (Wildman–Crippen LogP) is 2.82. The van der Waals surface area contributed by atoms with Gasteiger partial charge in [0.25, 0.3) is 0 Å². The number of guanidine groups is 1. The molecule has 7 nitrogen and oxygen atoms in total. The van der Waals surface area contributed by atoms with Crippen LogP contribution < -0.4 is 16.0 Å². The van der Waals surface area contributed by atoms with Gasteiger partial charge in [0.2, 0.25) is 5.91 Å². The van der Waals surface area contributed by atoms with Gasteiger partial charge in [-0.1, -0.05) is 24.1 Å². The molecular weight excluding hydrogens is 503 g/mol. The molecule has 0 atom stereocenters. The Balaban J connectivity index is 0.00000341. The summed E-state index contributed by atoms with van der Waals surface area (Å²) in [5, 5.41) is 13.2. The highest BCUT2D eigenvalue weighted by atomic mass is 127. The molecule has 0 radical (unpaired) electrons. The van der Waals surface area contributed by atoms with Gasteiger partial charge in [0, 0.05) is 37.2 Å². The summed E-state index contributed by atoms with van der Waals surface area (Å²) in [5.74, 6) is 2.93. The van der Waals surface area contributed by atoms with E-state index >= 15 is 0 Å². The zero-order chi connectivity index (χ0) is 21.2. The maximum absolute atomic E-state index is 12.1. The first-order valence-corrected chi connectivity index (χ1v) is 9.58. The van der Waals surface area contributed by atoms with E-state index in [1.54, 1.807) is 31.4 Å². The second-order valence-electron chi connectivity index (χ2n) is 6.49. The van der Waals surface area contributed by atoms with E-state index in [0.29, 0.717) is 18.2 Å². The van der Waals surface area contributed by atoms with Gasteiger partial charge in [0.1, 0.15) is 0 Å². The molecule has 0 aliphatic rings. The summed E-state index contributed by atoms with van der Waals surface area (Å²) in [6, 6.07) is 17.3. The zero-order valence-corrected chi connectivity index (χ0v) is 19.5. The molecule has 3 rings (SSSR count). The van der Waals surface area contributed by atoms with Crippen LogP contribution in [0.2, 0.25) is 0 Å². The maximum atomic E-state index is 12.1. The van der Waals surface area contributed by atoms with Crippen molar-refractivity contribution in [2.75, 3.05) is 25.5 Å². The van der Waals surface area contributed by atoms with E-state index in [4.69, 9.17) is 6.42 Å². The van der Waals surface area contributed by atoms with Crippen LogP contribution in [0.15, 0.2) is 72.0 Å². The second-order valence-corrected chi connectivity index (χ2v) is 6.49. The van der Waals surface area contributed by atoms with Crippen LogP contribution in [-0.2, 0) is 11.2 Å². The Morgan fingerprint density at radius 2 is 1.97 bits per heavy atom. The van der Waals surface area contributed by atoms with Crippen LogP contribution in [0.4, 0.5) is 5.69 Å². The summed E-state index contributed by atoms with van der Waals surface area (Å²) < 4.78 is 1.82. The molecular formula is C23H25IN6O. The first-order chi connectivity index (χ1) is 14.7. The first kappa shape index (κ1) is 24.0. The minimum absolute atomic E-state index is 0. The predicted molar refractivity (Wildman–Crippen MR) is 135 cm³/mol. The van der Waals surface area contributed by atoms with Gasteiger partial charge < -0.3 is 16.0 Å². The Morgan fingerprint density at radius 3 is 2.65 bits per heavy atom. The summed E-state index contributed by atoms with van der Waals surface area (Å²) in [6.07, 6.45) is 9.87. The smallest absolute Gasteiger partial charge is 0.243 e. The molecule has 2 aromatic carbocycles. The third-order valence-corrected chi connectivity index (χ3v) is 4.36. The maximum Gasteiger partial charge on any atom is 0.243 e. The van der Waals surface area contributed by atoms with Crippen LogP contribution in [0, 0.1) is 12.3 Å². The van der Waals surface area contributed by atoms with Crippen molar-refractivity contribution in [2.24, 2.45) is 4.99 Å². The first-order valence-electron chi connectivity index (χ1n) is 9.58. The standard InChI is InChI=1S/C23H24N6O.HI/c1-3-18-6-4-7-20(16-18)28-22(30)17-26-23(24-2)25-14-12-19-8-10-21(11-9-19)29-15-5-13-27-29;/h1,4-11,13,15-16H,12,14,17H2,2H3,(H,28,30)(H2,24,25,26);1H. The highest BCUT2D eigenvalue weighted by Gasteiger charge is 2.05. The average Bonchev–Trinajstić information content (AvgIpc) is 3.31. The summed E-state index contributed by atoms with van der Waals surface area (Å²) >= 11 is 0. The van der Waals surface area contributed by atoms with Crippen LogP contribution in [0.3, 0.4) is 0 Å². The SMILES string of the molecule is C#Cc1cccc(NC(=O)CNC(=NC)NCCc2ccc(-n3cccn3)cc2)c1.I. The Kier molecular flexibility index (Phi) is 9.58. The lowest BCUT2D eigenvalue weighted by atomic mass is 10.1. The van der Waals surface area contributed by atoms with Gasteiger partial charge in [-0.2, -0.15) is 5.10 Å². The molecule has 3 aromatic rings. The Morgan fingerprint density at radius 1 is 1.16 bits per heavy atom. The van der Waals surface area contributed by atoms with Gasteiger partial charge in [-0.15, -0.1) is 30.4 Å². The van der Waals surface area contributed by atoms with E-state index < -0.39 is 0 Å². The third-order valence-electron chi connectivity index (χ3n) is 4.36. The Bertz CT molecular complexity index is 1040. The number of anilines is 1. The quantitative estimate of drug-likeness (QED) is 0.191. The number of carbonyl (C=O) groups excluding carboxylic acids is 1. The molecule has 0 fully saturated rings. The summed E-state index contributed by atoms with van der Waals surface area (Å²) in [7, 11) is 1.67. The van der Waals surface area contributed by atoms with Gasteiger partial charge in [-0.05, 0) is 48.4 Å². The molecule has 160 valence electrons. The molecule has 0 aliphatic heterocycles. The summed E-state index contributed by atoms with van der Waals surface area (Å²) in [5.41, 5.74) is 3.60. The van der Waals surface area contributed by atoms with Crippen molar-refractivity contribution >= 4 is 41.5 Å². The van der Waals surface area contributed by atoms with E-state index in [9.17, 15) is 4.79 Å². The number of carbonyl (C=O) groups is 1. The monoisotopic (exact) mass is 528 g/mol. The molecule has 0 aliphatic carbocycles. The van der Waals surface area contributed by atoms with Crippen molar-refractivity contribution in [3.05, 3.63) is 78.1 Å². The van der Waals surface area contributed by atoms with Crippen LogP contribution in [0.25, 0.3) is 5.69 Å². The van der Waals surface area contributed by atoms with E-state index in [1.807, 2.05) is 35.1 Å². The number of benzene rings is 2. The van der Waals surface area contributed by atoms with Crippen molar-refractivity contribution in [1.29, 1.82) is 0 Å². The molecule has 8 heteroatoms. The van der Waals surface area contributed by atoms with Crippen molar-refractivity contribution in [2.45, 2.75) is 6.42 Å². The largest absolute Gasteiger partial charge is 0.356 e. The molecule has 0 saturated carbocycles. The highest BCUT2D eigenvalue weighted by molar-refractivity contribution is 14.0. The Labute approximate surface area is 199 Å². The molecule has 1 heterocycles. The summed E-state index contributed by atoms with van der Waals surface area (Å²) in [6.45, 7) is 0.783. The molecule has 1 aromatic heterocycles. The van der Waals surface area contributed by atoms with E-state index in [0.717, 1.165) is 17.7 Å². The van der Waals surface area contributed by atoms with Crippen LogP contribution in [0.1, 0.15) is 11.1 Å². The number of hydrogen-bond donors (Lipinski definition) is 3. The molecule has 0 bridgehead atoms. The van der Waals surface area contributed by atoms with Gasteiger partial charge >= 0.3 is 0 Å². The number of terminal acetylenes is 1. The van der Waals surface area contributed by atoms with E-state index in [1.165, 1.54) is 5.56 Å². The van der Waals surface area contributed by atoms with Crippen molar-refractivity contribution in [3.63, 3.8) is 0 Å². The average molecular weight is 528 g/mol. The fourth-order valence-corrected chi connectivity index (χ4v) is 2.84. The lowest BCUT2D eigenvalue weighted by Crippen LogP contribution is -2.42. The zero-order valence-electron chi connectivity index (χ0n) is 17.2. The number of rotatable bonds is 7. The minimum Gasteiger partial charge on any atom is -0.356 e. The number of hydrogen-bond acceptors (Lipinski definition) is 3. The normalized spacial score (nSPS) is 10.5. The van der Waals surface area contributed by atoms with Crippen molar-refractivity contribution in [1.82, 2.24) is 20.4 Å². The van der Waals surface area contributed by atoms with Gasteiger partial charge in [-0.25, -0.2) is 4.68 Å². The lowest BCUT2D eigenvalue weighted by molar-refractivity contribution is -0.115. The lowest BCUT2D eigenvalue weighted by Gasteiger charge is -2.12. The highest BCUT2D eigenvalue weighted by Crippen LogP contribution is 2.10. The van der Waals surface area contributed by atoms with Gasteiger partial charge in [-0.3, -0.25) is 9.79 Å². The van der Waals surface area contributed by atoms with Crippen LogP contribution >= 0.6 is 24.0 Å². The molecule has 0 saturated heterocycles. The molecule has 1 amide bonds. The van der Waals surface area contributed by atoms with Gasteiger partial charge in [0.05, 0.1) is 12.2 Å². The summed E-state index contributed by atoms with van der Waals surface area (Å²) in [4.78, 5) is 16.3. The number of aliphatic imine (C=N–C) groups is 1.